The number of anilines is 2. The van der Waals surface area contributed by atoms with Gasteiger partial charge in [-0.3, -0.25) is 14.5 Å². The highest BCUT2D eigenvalue weighted by atomic mass is 35.5. The number of carbonyl (C=O) groups is 2. The van der Waals surface area contributed by atoms with Gasteiger partial charge in [-0.15, -0.1) is 0 Å². The van der Waals surface area contributed by atoms with Crippen LogP contribution in [-0.4, -0.2) is 35.8 Å². The summed E-state index contributed by atoms with van der Waals surface area (Å²) in [5.41, 5.74) is 0.948. The van der Waals surface area contributed by atoms with Crippen LogP contribution in [0.5, 0.6) is 0 Å². The number of amides is 2. The summed E-state index contributed by atoms with van der Waals surface area (Å²) in [5, 5.41) is 6.35. The summed E-state index contributed by atoms with van der Waals surface area (Å²) in [4.78, 5) is 26.7. The smallest absolute Gasteiger partial charge is 0.241 e. The van der Waals surface area contributed by atoms with Gasteiger partial charge in [0.1, 0.15) is 5.82 Å². The topological polar surface area (TPSA) is 61.4 Å². The Morgan fingerprint density at radius 1 is 1.11 bits per heavy atom. The molecule has 1 fully saturated rings. The zero-order valence-corrected chi connectivity index (χ0v) is 15.9. The molecule has 1 aliphatic heterocycles. The van der Waals surface area contributed by atoms with E-state index in [4.69, 9.17) is 23.2 Å². The first-order valence-electron chi connectivity index (χ1n) is 8.48. The van der Waals surface area contributed by atoms with E-state index in [1.54, 1.807) is 18.2 Å². The largest absolute Gasteiger partial charge is 0.325 e. The molecule has 8 heteroatoms. The summed E-state index contributed by atoms with van der Waals surface area (Å²) in [7, 11) is 0. The predicted octanol–water partition coefficient (Wildman–Crippen LogP) is 4.17. The van der Waals surface area contributed by atoms with Gasteiger partial charge in [-0.2, -0.15) is 0 Å². The molecule has 27 heavy (non-hydrogen) atoms. The molecule has 142 valence electrons. The van der Waals surface area contributed by atoms with Gasteiger partial charge in [0.05, 0.1) is 23.3 Å². The zero-order valence-electron chi connectivity index (χ0n) is 14.3. The molecule has 1 unspecified atom stereocenters. The van der Waals surface area contributed by atoms with Gasteiger partial charge < -0.3 is 10.6 Å². The summed E-state index contributed by atoms with van der Waals surface area (Å²) < 4.78 is 12.9. The van der Waals surface area contributed by atoms with Crippen LogP contribution in [0.1, 0.15) is 12.8 Å². The summed E-state index contributed by atoms with van der Waals surface area (Å²) in [5.74, 6) is -0.864. The molecular weight excluding hydrogens is 392 g/mol. The summed E-state index contributed by atoms with van der Waals surface area (Å²) in [6.07, 6.45) is 1.46. The monoisotopic (exact) mass is 409 g/mol. The Labute approximate surface area is 166 Å². The van der Waals surface area contributed by atoms with Gasteiger partial charge in [0.2, 0.25) is 11.8 Å². The molecule has 2 aromatic rings. The first-order chi connectivity index (χ1) is 12.9. The van der Waals surface area contributed by atoms with E-state index in [9.17, 15) is 14.0 Å². The summed E-state index contributed by atoms with van der Waals surface area (Å²) >= 11 is 12.0. The van der Waals surface area contributed by atoms with Crippen LogP contribution in [0.2, 0.25) is 10.0 Å². The number of nitrogens with one attached hydrogen (secondary N) is 2. The Morgan fingerprint density at radius 3 is 2.59 bits per heavy atom. The SMILES string of the molecule is O=C(CN1CCCC1C(=O)Nc1cc(Cl)ccc1Cl)Nc1ccc(F)cc1. The van der Waals surface area contributed by atoms with Crippen molar-refractivity contribution in [1.82, 2.24) is 4.90 Å². The Morgan fingerprint density at radius 2 is 1.85 bits per heavy atom. The van der Waals surface area contributed by atoms with Gasteiger partial charge in [-0.25, -0.2) is 4.39 Å². The normalized spacial score (nSPS) is 16.9. The average molecular weight is 410 g/mol. The Hall–Kier alpha value is -2.15. The van der Waals surface area contributed by atoms with Gasteiger partial charge in [0, 0.05) is 10.7 Å². The van der Waals surface area contributed by atoms with Crippen LogP contribution >= 0.6 is 23.2 Å². The van der Waals surface area contributed by atoms with E-state index in [0.717, 1.165) is 6.42 Å². The fourth-order valence-corrected chi connectivity index (χ4v) is 3.38. The van der Waals surface area contributed by atoms with E-state index in [0.29, 0.717) is 34.4 Å². The first-order valence-corrected chi connectivity index (χ1v) is 9.23. The van der Waals surface area contributed by atoms with Crippen molar-refractivity contribution in [3.05, 3.63) is 58.3 Å². The van der Waals surface area contributed by atoms with Crippen LogP contribution in [0, 0.1) is 5.82 Å². The molecule has 2 aromatic carbocycles. The van der Waals surface area contributed by atoms with Crippen molar-refractivity contribution in [3.8, 4) is 0 Å². The molecule has 0 aliphatic carbocycles. The molecule has 1 atom stereocenters. The van der Waals surface area contributed by atoms with Crippen LogP contribution in [-0.2, 0) is 9.59 Å². The standard InChI is InChI=1S/C19H18Cl2FN3O2/c20-12-3-8-15(21)16(10-12)24-19(27)17-2-1-9-25(17)11-18(26)23-14-6-4-13(22)5-7-14/h3-8,10,17H,1-2,9,11H2,(H,23,26)(H,24,27). The lowest BCUT2D eigenvalue weighted by molar-refractivity contribution is -0.122. The van der Waals surface area contributed by atoms with Gasteiger partial charge in [0.15, 0.2) is 0 Å². The number of nitrogens with zero attached hydrogens (tertiary/aromatic N) is 1. The maximum absolute atomic E-state index is 12.9. The van der Waals surface area contributed by atoms with Crippen LogP contribution < -0.4 is 10.6 Å². The summed E-state index contributed by atoms with van der Waals surface area (Å²) in [6, 6.07) is 9.93. The fourth-order valence-electron chi connectivity index (χ4n) is 3.04. The molecule has 0 aromatic heterocycles. The molecule has 1 heterocycles. The fraction of sp³-hybridized carbons (Fsp3) is 0.263. The highest BCUT2D eigenvalue weighted by Gasteiger charge is 2.32. The number of likely N-dealkylation sites (tertiary alicyclic amines) is 1. The minimum Gasteiger partial charge on any atom is -0.325 e. The molecule has 0 radical (unpaired) electrons. The molecule has 0 saturated carbocycles. The van der Waals surface area contributed by atoms with Crippen molar-refractivity contribution in [1.29, 1.82) is 0 Å². The van der Waals surface area contributed by atoms with Gasteiger partial charge in [-0.05, 0) is 61.9 Å². The second-order valence-electron chi connectivity index (χ2n) is 6.30. The summed E-state index contributed by atoms with van der Waals surface area (Å²) in [6.45, 7) is 0.705. The Bertz CT molecular complexity index is 845. The minimum atomic E-state index is -0.431. The molecular formula is C19H18Cl2FN3O2. The zero-order chi connectivity index (χ0) is 19.4. The quantitative estimate of drug-likeness (QED) is 0.778. The lowest BCUT2D eigenvalue weighted by atomic mass is 10.2. The third-order valence-electron chi connectivity index (χ3n) is 4.33. The highest BCUT2D eigenvalue weighted by molar-refractivity contribution is 6.35. The van der Waals surface area contributed by atoms with Crippen molar-refractivity contribution >= 4 is 46.4 Å². The van der Waals surface area contributed by atoms with Crippen LogP contribution in [0.4, 0.5) is 15.8 Å². The molecule has 2 amide bonds. The van der Waals surface area contributed by atoms with Crippen molar-refractivity contribution in [2.24, 2.45) is 0 Å². The molecule has 0 spiro atoms. The number of benzene rings is 2. The van der Waals surface area contributed by atoms with Crippen LogP contribution in [0.25, 0.3) is 0 Å². The maximum atomic E-state index is 12.9. The van der Waals surface area contributed by atoms with E-state index in [2.05, 4.69) is 10.6 Å². The Kier molecular flexibility index (Phi) is 6.31. The third kappa shape index (κ3) is 5.19. The van der Waals surface area contributed by atoms with Crippen molar-refractivity contribution in [2.45, 2.75) is 18.9 Å². The second kappa shape index (κ2) is 8.69. The van der Waals surface area contributed by atoms with Crippen molar-refractivity contribution < 1.29 is 14.0 Å². The van der Waals surface area contributed by atoms with Crippen molar-refractivity contribution in [3.63, 3.8) is 0 Å². The third-order valence-corrected chi connectivity index (χ3v) is 4.89. The lowest BCUT2D eigenvalue weighted by Gasteiger charge is -2.23. The first kappa shape index (κ1) is 19.6. The molecule has 5 nitrogen and oxygen atoms in total. The van der Waals surface area contributed by atoms with E-state index < -0.39 is 6.04 Å². The van der Waals surface area contributed by atoms with E-state index in [-0.39, 0.29) is 24.2 Å². The lowest BCUT2D eigenvalue weighted by Crippen LogP contribution is -2.43. The van der Waals surface area contributed by atoms with E-state index >= 15 is 0 Å². The average Bonchev–Trinajstić information content (AvgIpc) is 3.08. The number of carbonyl (C=O) groups excluding carboxylic acids is 2. The molecule has 2 N–H and O–H groups in total. The predicted molar refractivity (Wildman–Crippen MR) is 105 cm³/mol. The number of rotatable bonds is 5. The van der Waals surface area contributed by atoms with Gasteiger partial charge in [0.25, 0.3) is 0 Å². The second-order valence-corrected chi connectivity index (χ2v) is 7.14. The highest BCUT2D eigenvalue weighted by Crippen LogP contribution is 2.27. The number of halogens is 3. The maximum Gasteiger partial charge on any atom is 0.241 e. The Balaban J connectivity index is 1.60. The number of hydrogen-bond donors (Lipinski definition) is 2. The number of hydrogen-bond acceptors (Lipinski definition) is 3. The van der Waals surface area contributed by atoms with Crippen LogP contribution in [0.15, 0.2) is 42.5 Å². The molecule has 1 saturated heterocycles. The van der Waals surface area contributed by atoms with Gasteiger partial charge >= 0.3 is 0 Å². The minimum absolute atomic E-state index is 0.0682. The van der Waals surface area contributed by atoms with Gasteiger partial charge in [-0.1, -0.05) is 23.2 Å². The van der Waals surface area contributed by atoms with Crippen molar-refractivity contribution in [2.75, 3.05) is 23.7 Å². The van der Waals surface area contributed by atoms with Crippen LogP contribution in [0.3, 0.4) is 0 Å². The van der Waals surface area contributed by atoms with E-state index in [1.807, 2.05) is 4.90 Å². The molecule has 1 aliphatic rings. The van der Waals surface area contributed by atoms with E-state index in [1.165, 1.54) is 24.3 Å². The molecule has 3 rings (SSSR count). The molecule has 0 bridgehead atoms.